The lowest BCUT2D eigenvalue weighted by Crippen LogP contribution is -2.34. The largest absolute Gasteiger partial charge is 0.330 e. The van der Waals surface area contributed by atoms with Crippen LogP contribution in [0.5, 0.6) is 0 Å². The lowest BCUT2D eigenvalue weighted by molar-refractivity contribution is -0.119. The first-order valence-corrected chi connectivity index (χ1v) is 7.55. The van der Waals surface area contributed by atoms with Gasteiger partial charge in [-0.2, -0.15) is 0 Å². The van der Waals surface area contributed by atoms with Gasteiger partial charge in [0.05, 0.1) is 0 Å². The standard InChI is InChI=1S/C17H28N2O/c1-5-19(16-9-7-6-8-14(16)4)17(20)11-15(12-18)10-13(2)3/h6-9,13,15H,5,10-12,18H2,1-4H3/t15-/m0/s1. The fourth-order valence-electron chi connectivity index (χ4n) is 2.63. The molecule has 1 rings (SSSR count). The van der Waals surface area contributed by atoms with E-state index in [0.717, 1.165) is 17.7 Å². The van der Waals surface area contributed by atoms with Gasteiger partial charge in [-0.1, -0.05) is 32.0 Å². The van der Waals surface area contributed by atoms with Gasteiger partial charge in [-0.15, -0.1) is 0 Å². The summed E-state index contributed by atoms with van der Waals surface area (Å²) in [5, 5.41) is 0. The second-order valence-electron chi connectivity index (χ2n) is 5.86. The van der Waals surface area contributed by atoms with Crippen LogP contribution >= 0.6 is 0 Å². The summed E-state index contributed by atoms with van der Waals surface area (Å²) in [6.07, 6.45) is 1.55. The average Bonchev–Trinajstić information content (AvgIpc) is 2.40. The van der Waals surface area contributed by atoms with Gasteiger partial charge in [0.15, 0.2) is 0 Å². The molecule has 1 aromatic carbocycles. The van der Waals surface area contributed by atoms with E-state index in [0.29, 0.717) is 25.4 Å². The van der Waals surface area contributed by atoms with Crippen LogP contribution in [-0.2, 0) is 4.79 Å². The number of para-hydroxylation sites is 1. The van der Waals surface area contributed by atoms with Crippen LogP contribution in [-0.4, -0.2) is 19.0 Å². The molecule has 0 aliphatic heterocycles. The molecular formula is C17H28N2O. The second kappa shape index (κ2) is 8.05. The molecule has 1 amide bonds. The second-order valence-corrected chi connectivity index (χ2v) is 5.86. The van der Waals surface area contributed by atoms with Crippen molar-refractivity contribution in [2.45, 2.75) is 40.5 Å². The highest BCUT2D eigenvalue weighted by molar-refractivity contribution is 5.94. The van der Waals surface area contributed by atoms with Crippen molar-refractivity contribution < 1.29 is 4.79 Å². The zero-order valence-corrected chi connectivity index (χ0v) is 13.2. The fraction of sp³-hybridized carbons (Fsp3) is 0.588. The van der Waals surface area contributed by atoms with Crippen molar-refractivity contribution in [2.75, 3.05) is 18.0 Å². The van der Waals surface area contributed by atoms with E-state index in [-0.39, 0.29) is 11.8 Å². The highest BCUT2D eigenvalue weighted by atomic mass is 16.2. The Balaban J connectivity index is 2.80. The third-order valence-corrected chi connectivity index (χ3v) is 3.62. The molecule has 0 saturated carbocycles. The van der Waals surface area contributed by atoms with Gasteiger partial charge in [-0.25, -0.2) is 0 Å². The van der Waals surface area contributed by atoms with Crippen molar-refractivity contribution in [1.82, 2.24) is 0 Å². The summed E-state index contributed by atoms with van der Waals surface area (Å²) in [6.45, 7) is 9.68. The summed E-state index contributed by atoms with van der Waals surface area (Å²) in [4.78, 5) is 14.4. The molecule has 0 bridgehead atoms. The van der Waals surface area contributed by atoms with E-state index in [4.69, 9.17) is 5.73 Å². The number of hydrogen-bond acceptors (Lipinski definition) is 2. The van der Waals surface area contributed by atoms with Crippen LogP contribution in [0.25, 0.3) is 0 Å². The van der Waals surface area contributed by atoms with Crippen LogP contribution in [0.1, 0.15) is 39.2 Å². The van der Waals surface area contributed by atoms with Crippen molar-refractivity contribution in [3.63, 3.8) is 0 Å². The molecule has 20 heavy (non-hydrogen) atoms. The first-order valence-electron chi connectivity index (χ1n) is 7.55. The van der Waals surface area contributed by atoms with Gasteiger partial charge in [0, 0.05) is 18.7 Å². The van der Waals surface area contributed by atoms with Crippen molar-refractivity contribution in [3.8, 4) is 0 Å². The molecular weight excluding hydrogens is 248 g/mol. The molecule has 3 nitrogen and oxygen atoms in total. The van der Waals surface area contributed by atoms with Gasteiger partial charge in [0.25, 0.3) is 0 Å². The van der Waals surface area contributed by atoms with E-state index in [1.807, 2.05) is 43.0 Å². The molecule has 3 heteroatoms. The van der Waals surface area contributed by atoms with Crippen molar-refractivity contribution in [3.05, 3.63) is 29.8 Å². The molecule has 2 N–H and O–H groups in total. The summed E-state index contributed by atoms with van der Waals surface area (Å²) >= 11 is 0. The molecule has 0 aliphatic carbocycles. The Morgan fingerprint density at radius 1 is 1.30 bits per heavy atom. The molecule has 0 aliphatic rings. The minimum Gasteiger partial charge on any atom is -0.330 e. The zero-order valence-electron chi connectivity index (χ0n) is 13.2. The van der Waals surface area contributed by atoms with Gasteiger partial charge >= 0.3 is 0 Å². The Bertz CT molecular complexity index is 429. The fourth-order valence-corrected chi connectivity index (χ4v) is 2.63. The Kier molecular flexibility index (Phi) is 6.73. The maximum Gasteiger partial charge on any atom is 0.227 e. The minimum atomic E-state index is 0.179. The van der Waals surface area contributed by atoms with Crippen LogP contribution in [0.3, 0.4) is 0 Å². The summed E-state index contributed by atoms with van der Waals surface area (Å²) in [5.41, 5.74) is 7.96. The number of carbonyl (C=O) groups excluding carboxylic acids is 1. The van der Waals surface area contributed by atoms with E-state index >= 15 is 0 Å². The monoisotopic (exact) mass is 276 g/mol. The van der Waals surface area contributed by atoms with Gasteiger partial charge in [-0.05, 0) is 50.3 Å². The summed E-state index contributed by atoms with van der Waals surface area (Å²) in [6, 6.07) is 8.03. The summed E-state index contributed by atoms with van der Waals surface area (Å²) in [7, 11) is 0. The maximum absolute atomic E-state index is 12.5. The SMILES string of the molecule is CCN(C(=O)C[C@@H](CN)CC(C)C)c1ccccc1C. The summed E-state index contributed by atoms with van der Waals surface area (Å²) in [5.74, 6) is 1.03. The van der Waals surface area contributed by atoms with E-state index in [2.05, 4.69) is 13.8 Å². The third kappa shape index (κ3) is 4.64. The zero-order chi connectivity index (χ0) is 15.1. The number of hydrogen-bond donors (Lipinski definition) is 1. The van der Waals surface area contributed by atoms with Crippen molar-refractivity contribution in [1.29, 1.82) is 0 Å². The van der Waals surface area contributed by atoms with Gasteiger partial charge in [0.1, 0.15) is 0 Å². The van der Waals surface area contributed by atoms with Crippen molar-refractivity contribution >= 4 is 11.6 Å². The van der Waals surface area contributed by atoms with Crippen LogP contribution in [0.15, 0.2) is 24.3 Å². The van der Waals surface area contributed by atoms with Crippen LogP contribution in [0.2, 0.25) is 0 Å². The predicted octanol–water partition coefficient (Wildman–Crippen LogP) is 3.36. The number of nitrogens with two attached hydrogens (primary N) is 1. The topological polar surface area (TPSA) is 46.3 Å². The first-order chi connectivity index (χ1) is 9.49. The van der Waals surface area contributed by atoms with Gasteiger partial charge in [-0.3, -0.25) is 4.79 Å². The number of benzene rings is 1. The Labute approximate surface area is 123 Å². The van der Waals surface area contributed by atoms with Crippen LogP contribution in [0, 0.1) is 18.8 Å². The molecule has 0 fully saturated rings. The molecule has 0 radical (unpaired) electrons. The van der Waals surface area contributed by atoms with E-state index in [1.54, 1.807) is 0 Å². The minimum absolute atomic E-state index is 0.179. The molecule has 1 aromatic rings. The maximum atomic E-state index is 12.5. The smallest absolute Gasteiger partial charge is 0.227 e. The number of anilines is 1. The van der Waals surface area contributed by atoms with Crippen molar-refractivity contribution in [2.24, 2.45) is 17.6 Å². The number of rotatable bonds is 7. The molecule has 0 saturated heterocycles. The third-order valence-electron chi connectivity index (χ3n) is 3.62. The van der Waals surface area contributed by atoms with Gasteiger partial charge in [0.2, 0.25) is 5.91 Å². The number of carbonyl (C=O) groups is 1. The van der Waals surface area contributed by atoms with Crippen LogP contribution < -0.4 is 10.6 Å². The Morgan fingerprint density at radius 2 is 1.95 bits per heavy atom. The molecule has 112 valence electrons. The lowest BCUT2D eigenvalue weighted by atomic mass is 9.93. The molecule has 0 spiro atoms. The van der Waals surface area contributed by atoms with Gasteiger partial charge < -0.3 is 10.6 Å². The van der Waals surface area contributed by atoms with E-state index in [1.165, 1.54) is 0 Å². The predicted molar refractivity (Wildman–Crippen MR) is 85.8 cm³/mol. The first kappa shape index (κ1) is 16.7. The highest BCUT2D eigenvalue weighted by Gasteiger charge is 2.20. The lowest BCUT2D eigenvalue weighted by Gasteiger charge is -2.25. The quantitative estimate of drug-likeness (QED) is 0.830. The Morgan fingerprint density at radius 3 is 2.45 bits per heavy atom. The molecule has 1 atom stereocenters. The average molecular weight is 276 g/mol. The normalized spacial score (nSPS) is 12.5. The van der Waals surface area contributed by atoms with E-state index < -0.39 is 0 Å². The number of nitrogens with zero attached hydrogens (tertiary/aromatic N) is 1. The highest BCUT2D eigenvalue weighted by Crippen LogP contribution is 2.22. The van der Waals surface area contributed by atoms with Crippen LogP contribution in [0.4, 0.5) is 5.69 Å². The molecule has 0 aromatic heterocycles. The molecule has 0 unspecified atom stereocenters. The number of aryl methyl sites for hydroxylation is 1. The number of amides is 1. The molecule has 0 heterocycles. The van der Waals surface area contributed by atoms with E-state index in [9.17, 15) is 4.79 Å². The Hall–Kier alpha value is -1.35. The summed E-state index contributed by atoms with van der Waals surface area (Å²) < 4.78 is 0.